The minimum Gasteiger partial charge on any atom is -0.508 e. The van der Waals surface area contributed by atoms with Gasteiger partial charge in [-0.1, -0.05) is 97.1 Å². The molecule has 0 unspecified atom stereocenters. The predicted molar refractivity (Wildman–Crippen MR) is 210 cm³/mol. The number of phenolic OH excluding ortho intramolecular Hbond substituents is 4. The van der Waals surface area contributed by atoms with E-state index in [1.807, 2.05) is 36.4 Å². The number of carbonyl (C=O) groups excluding carboxylic acids is 4. The Kier molecular flexibility index (Phi) is 15.8. The molecule has 4 N–H and O–H groups in total. The van der Waals surface area contributed by atoms with E-state index in [9.17, 15) is 29.4 Å². The molecule has 0 spiro atoms. The van der Waals surface area contributed by atoms with Crippen LogP contribution >= 0.6 is 0 Å². The van der Waals surface area contributed by atoms with Crippen LogP contribution in [0.25, 0.3) is 0 Å². The lowest BCUT2D eigenvalue weighted by molar-refractivity contribution is 0.0994. The number of ketones is 2. The highest BCUT2D eigenvalue weighted by atomic mass is 16.7. The molecule has 292 valence electrons. The summed E-state index contributed by atoms with van der Waals surface area (Å²) >= 11 is 0. The molecule has 0 aliphatic rings. The van der Waals surface area contributed by atoms with Crippen molar-refractivity contribution < 1.29 is 58.6 Å². The fourth-order valence-electron chi connectivity index (χ4n) is 5.04. The highest BCUT2D eigenvalue weighted by Gasteiger charge is 2.20. The third-order valence-electron chi connectivity index (χ3n) is 7.72. The lowest BCUT2D eigenvalue weighted by Crippen LogP contribution is -2.14. The summed E-state index contributed by atoms with van der Waals surface area (Å²) < 4.78 is 19.5. The Morgan fingerprint density at radius 1 is 0.491 bits per heavy atom. The minimum atomic E-state index is -0.970. The Labute approximate surface area is 328 Å². The van der Waals surface area contributed by atoms with Crippen LogP contribution in [0.4, 0.5) is 9.59 Å². The highest BCUT2D eigenvalue weighted by Crippen LogP contribution is 2.29. The maximum absolute atomic E-state index is 12.7. The van der Waals surface area contributed by atoms with Crippen molar-refractivity contribution in [2.45, 2.75) is 20.3 Å². The van der Waals surface area contributed by atoms with Crippen LogP contribution in [0.3, 0.4) is 0 Å². The number of rotatable bonds is 10. The van der Waals surface area contributed by atoms with Crippen molar-refractivity contribution in [1.82, 2.24) is 0 Å². The second kappa shape index (κ2) is 21.3. The van der Waals surface area contributed by atoms with Crippen LogP contribution in [0.2, 0.25) is 0 Å². The number of benzene rings is 6. The summed E-state index contributed by atoms with van der Waals surface area (Å²) in [6.07, 6.45) is -1.20. The maximum Gasteiger partial charge on any atom is 0.513 e. The first-order chi connectivity index (χ1) is 27.5. The van der Waals surface area contributed by atoms with Gasteiger partial charge in [-0.3, -0.25) is 9.59 Å². The van der Waals surface area contributed by atoms with Crippen LogP contribution in [0, 0.1) is 0 Å². The second-order valence-electron chi connectivity index (χ2n) is 11.8. The monoisotopic (exact) mass is 772 g/mol. The molecule has 0 aromatic heterocycles. The van der Waals surface area contributed by atoms with Crippen molar-refractivity contribution >= 4 is 23.9 Å². The molecular weight excluding hydrogens is 732 g/mol. The minimum absolute atomic E-state index is 0.0624. The normalized spacial score (nSPS) is 10.0. The summed E-state index contributed by atoms with van der Waals surface area (Å²) in [5.74, 6) is -0.698. The summed E-state index contributed by atoms with van der Waals surface area (Å²) in [6, 6.07) is 39.7. The third-order valence-corrected chi connectivity index (χ3v) is 7.72. The van der Waals surface area contributed by atoms with Crippen molar-refractivity contribution in [1.29, 1.82) is 0 Å². The Morgan fingerprint density at radius 2 is 0.965 bits per heavy atom. The summed E-state index contributed by atoms with van der Waals surface area (Å²) in [5.41, 5.74) is 3.19. The van der Waals surface area contributed by atoms with Crippen molar-refractivity contribution in [2.24, 2.45) is 0 Å². The van der Waals surface area contributed by atoms with Gasteiger partial charge in [-0.2, -0.15) is 0 Å². The zero-order valence-corrected chi connectivity index (χ0v) is 31.0. The zero-order chi connectivity index (χ0) is 41.2. The first-order valence-corrected chi connectivity index (χ1v) is 17.6. The molecule has 6 aromatic rings. The zero-order valence-electron chi connectivity index (χ0n) is 31.0. The van der Waals surface area contributed by atoms with Gasteiger partial charge in [0.05, 0.1) is 24.3 Å². The topological polar surface area (TPSA) is 186 Å². The number of aromatic hydroxyl groups is 4. The highest BCUT2D eigenvalue weighted by molar-refractivity contribution is 6.11. The van der Waals surface area contributed by atoms with Crippen molar-refractivity contribution in [3.8, 4) is 34.5 Å². The third kappa shape index (κ3) is 13.0. The molecule has 57 heavy (non-hydrogen) atoms. The predicted octanol–water partition coefficient (Wildman–Crippen LogP) is 9.01. The van der Waals surface area contributed by atoms with Crippen LogP contribution in [0.5, 0.6) is 34.5 Å². The smallest absolute Gasteiger partial charge is 0.508 e. The Hall–Kier alpha value is -7.60. The van der Waals surface area contributed by atoms with Crippen molar-refractivity contribution in [3.05, 3.63) is 179 Å². The molecule has 12 heteroatoms. The maximum atomic E-state index is 12.7. The molecule has 0 aliphatic heterocycles. The van der Waals surface area contributed by atoms with Gasteiger partial charge in [-0.15, -0.1) is 0 Å². The van der Waals surface area contributed by atoms with Gasteiger partial charge < -0.3 is 39.4 Å². The molecule has 0 radical (unpaired) electrons. The van der Waals surface area contributed by atoms with Crippen LogP contribution in [0.1, 0.15) is 56.8 Å². The number of phenols is 4. The van der Waals surface area contributed by atoms with Crippen LogP contribution in [-0.2, 0) is 15.9 Å². The number of ether oxygens (including phenoxy) is 4. The standard InChI is InChI=1S/C19H18O7.C13H10O3.C13H12O2/c1-3-23-18(21)25-14-10-11-15(16(12-14)26-19(22)24-4-2)17(20)13-8-6-5-7-9-13;14-10-6-7-11(12(15)8-10)13(16)9-4-2-1-3-5-9;14-12-7-6-11(13(15)9-12)8-10-4-2-1-3-5-10/h5-12H,3-4H2,1-2H3;1-8,14-15H;1-7,9,14-15H,8H2. The quantitative estimate of drug-likeness (QED) is 0.0589. The van der Waals surface area contributed by atoms with Gasteiger partial charge in [0.15, 0.2) is 11.6 Å². The van der Waals surface area contributed by atoms with E-state index in [2.05, 4.69) is 0 Å². The van der Waals surface area contributed by atoms with Crippen molar-refractivity contribution in [2.75, 3.05) is 13.2 Å². The number of hydrogen-bond acceptors (Lipinski definition) is 12. The van der Waals surface area contributed by atoms with E-state index in [1.165, 1.54) is 36.4 Å². The van der Waals surface area contributed by atoms with E-state index < -0.39 is 12.3 Å². The van der Waals surface area contributed by atoms with Crippen LogP contribution in [0.15, 0.2) is 146 Å². The van der Waals surface area contributed by atoms with Gasteiger partial charge >= 0.3 is 12.3 Å². The average Bonchev–Trinajstić information content (AvgIpc) is 3.20. The van der Waals surface area contributed by atoms with Crippen molar-refractivity contribution in [3.63, 3.8) is 0 Å². The van der Waals surface area contributed by atoms with E-state index in [4.69, 9.17) is 29.2 Å². The average molecular weight is 773 g/mol. The van der Waals surface area contributed by atoms with Gasteiger partial charge in [-0.05, 0) is 55.3 Å². The lowest BCUT2D eigenvalue weighted by Gasteiger charge is -2.11. The van der Waals surface area contributed by atoms with Gasteiger partial charge in [0.2, 0.25) is 0 Å². The van der Waals surface area contributed by atoms with Crippen LogP contribution < -0.4 is 9.47 Å². The summed E-state index contributed by atoms with van der Waals surface area (Å²) in [7, 11) is 0. The lowest BCUT2D eigenvalue weighted by atomic mass is 10.0. The molecule has 0 fully saturated rings. The Balaban J connectivity index is 0.000000200. The molecule has 0 saturated heterocycles. The molecule has 0 amide bonds. The largest absolute Gasteiger partial charge is 0.513 e. The van der Waals surface area contributed by atoms with Gasteiger partial charge in [-0.25, -0.2) is 9.59 Å². The fraction of sp³-hybridized carbons (Fsp3) is 0.111. The molecule has 6 aromatic carbocycles. The molecule has 12 nitrogen and oxygen atoms in total. The molecule has 0 aliphatic carbocycles. The van der Waals surface area contributed by atoms with E-state index in [1.54, 1.807) is 80.6 Å². The number of carbonyl (C=O) groups is 4. The fourth-order valence-corrected chi connectivity index (χ4v) is 5.04. The Morgan fingerprint density at radius 3 is 1.49 bits per heavy atom. The summed E-state index contributed by atoms with van der Waals surface area (Å²) in [5, 5.41) is 37.4. The number of hydrogen-bond donors (Lipinski definition) is 4. The van der Waals surface area contributed by atoms with Gasteiger partial charge in [0.1, 0.15) is 34.5 Å². The molecule has 0 atom stereocenters. The molecule has 0 heterocycles. The Bertz CT molecular complexity index is 2260. The molecule has 0 saturated carbocycles. The van der Waals surface area contributed by atoms with E-state index >= 15 is 0 Å². The molecular formula is C45H40O12. The SMILES string of the molecule is CCOC(=O)Oc1ccc(C(=O)c2ccccc2)c(OC(=O)OCC)c1.O=C(c1ccccc1)c1ccc(O)cc1O.Oc1ccc(Cc2ccccc2)c(O)c1. The van der Waals surface area contributed by atoms with E-state index in [0.29, 0.717) is 17.5 Å². The summed E-state index contributed by atoms with van der Waals surface area (Å²) in [6.45, 7) is 3.52. The second-order valence-corrected chi connectivity index (χ2v) is 11.8. The first-order valence-electron chi connectivity index (χ1n) is 17.6. The van der Waals surface area contributed by atoms with Gasteiger partial charge in [0.25, 0.3) is 0 Å². The van der Waals surface area contributed by atoms with E-state index in [-0.39, 0.29) is 70.4 Å². The van der Waals surface area contributed by atoms with Gasteiger partial charge in [0, 0.05) is 35.7 Å². The molecule has 0 bridgehead atoms. The first kappa shape index (κ1) is 42.1. The summed E-state index contributed by atoms with van der Waals surface area (Å²) in [4.78, 5) is 47.7. The molecule has 6 rings (SSSR count). The van der Waals surface area contributed by atoms with Crippen LogP contribution in [-0.4, -0.2) is 57.5 Å². The van der Waals surface area contributed by atoms with E-state index in [0.717, 1.165) is 17.2 Å².